The van der Waals surface area contributed by atoms with E-state index in [1.54, 1.807) is 28.0 Å². The highest BCUT2D eigenvalue weighted by molar-refractivity contribution is 7.99. The highest BCUT2D eigenvalue weighted by Gasteiger charge is 2.20. The summed E-state index contributed by atoms with van der Waals surface area (Å²) in [5.41, 5.74) is 4.35. The van der Waals surface area contributed by atoms with Crippen LogP contribution in [-0.4, -0.2) is 21.2 Å². The highest BCUT2D eigenvalue weighted by atomic mass is 35.5. The number of hydrogen-bond donors (Lipinski definition) is 1. The molecule has 2 heterocycles. The van der Waals surface area contributed by atoms with E-state index in [9.17, 15) is 9.59 Å². The van der Waals surface area contributed by atoms with Crippen LogP contribution in [-0.2, 0) is 17.6 Å². The molecule has 8 heteroatoms. The summed E-state index contributed by atoms with van der Waals surface area (Å²) in [5, 5.41) is 4.70. The monoisotopic (exact) mass is 525 g/mol. The summed E-state index contributed by atoms with van der Waals surface area (Å²) in [6, 6.07) is 13.4. The number of aromatic nitrogens is 2. The molecule has 5 nitrogen and oxygen atoms in total. The van der Waals surface area contributed by atoms with Gasteiger partial charge in [-0.05, 0) is 67.6 Å². The molecule has 2 aromatic carbocycles. The lowest BCUT2D eigenvalue weighted by Gasteiger charge is -2.13. The fourth-order valence-corrected chi connectivity index (χ4v) is 6.25. The first-order valence-electron chi connectivity index (χ1n) is 11.7. The topological polar surface area (TPSA) is 64.0 Å². The molecule has 0 fully saturated rings. The summed E-state index contributed by atoms with van der Waals surface area (Å²) < 4.78 is 1.64. The summed E-state index contributed by atoms with van der Waals surface area (Å²) in [6.07, 6.45) is 2.84. The van der Waals surface area contributed by atoms with Gasteiger partial charge in [-0.2, -0.15) is 0 Å². The second kappa shape index (κ2) is 11.0. The third-order valence-corrected chi connectivity index (χ3v) is 8.58. The van der Waals surface area contributed by atoms with E-state index >= 15 is 0 Å². The number of anilines is 1. The van der Waals surface area contributed by atoms with E-state index in [1.165, 1.54) is 22.2 Å². The van der Waals surface area contributed by atoms with Crippen molar-refractivity contribution in [1.29, 1.82) is 0 Å². The van der Waals surface area contributed by atoms with Crippen LogP contribution in [0.4, 0.5) is 5.69 Å². The van der Waals surface area contributed by atoms with Crippen LogP contribution in [0.25, 0.3) is 15.9 Å². The molecule has 1 amide bonds. The lowest BCUT2D eigenvalue weighted by molar-refractivity contribution is -0.113. The van der Waals surface area contributed by atoms with E-state index in [2.05, 4.69) is 19.2 Å². The normalized spacial score (nSPS) is 11.2. The lowest BCUT2D eigenvalue weighted by atomic mass is 10.1. The van der Waals surface area contributed by atoms with Crippen LogP contribution in [0.15, 0.2) is 52.4 Å². The van der Waals surface area contributed by atoms with Crippen molar-refractivity contribution >= 4 is 56.5 Å². The van der Waals surface area contributed by atoms with Crippen LogP contribution in [0, 0.1) is 13.8 Å². The first kappa shape index (κ1) is 25.5. The second-order valence-corrected chi connectivity index (χ2v) is 10.8. The van der Waals surface area contributed by atoms with Crippen molar-refractivity contribution in [3.05, 3.63) is 79.4 Å². The Morgan fingerprint density at radius 2 is 1.86 bits per heavy atom. The van der Waals surface area contributed by atoms with Gasteiger partial charge in [0.2, 0.25) is 5.91 Å². The minimum Gasteiger partial charge on any atom is -0.325 e. The molecular formula is C27H28ClN3O2S2. The largest absolute Gasteiger partial charge is 0.325 e. The molecule has 0 saturated carbocycles. The molecule has 0 bridgehead atoms. The van der Waals surface area contributed by atoms with E-state index in [1.807, 2.05) is 44.2 Å². The Labute approximate surface area is 218 Å². The maximum Gasteiger partial charge on any atom is 0.267 e. The average Bonchev–Trinajstić information content (AvgIpc) is 3.16. The van der Waals surface area contributed by atoms with Gasteiger partial charge in [-0.25, -0.2) is 4.98 Å². The number of carbonyl (C=O) groups is 1. The number of fused-ring (bicyclic) bond motifs is 1. The van der Waals surface area contributed by atoms with Gasteiger partial charge in [0.05, 0.1) is 16.8 Å². The predicted molar refractivity (Wildman–Crippen MR) is 149 cm³/mol. The van der Waals surface area contributed by atoms with E-state index in [4.69, 9.17) is 16.6 Å². The number of rotatable bonds is 8. The third kappa shape index (κ3) is 5.32. The Kier molecular flexibility index (Phi) is 7.99. The molecule has 0 radical (unpaired) electrons. The average molecular weight is 526 g/mol. The van der Waals surface area contributed by atoms with Crippen LogP contribution in [0.1, 0.15) is 41.8 Å². The van der Waals surface area contributed by atoms with Crippen molar-refractivity contribution in [2.45, 2.75) is 52.1 Å². The SMILES string of the molecule is CCCc1sc2nc(SCC(=O)Nc3cccc(Cl)c3C)n(-c3ccc(CC)cc3)c(=O)c2c1C. The van der Waals surface area contributed by atoms with Crippen LogP contribution < -0.4 is 10.9 Å². The number of aryl methyl sites for hydroxylation is 3. The molecule has 35 heavy (non-hydrogen) atoms. The summed E-state index contributed by atoms with van der Waals surface area (Å²) in [6.45, 7) is 8.10. The number of hydrogen-bond acceptors (Lipinski definition) is 5. The molecule has 0 atom stereocenters. The number of benzene rings is 2. The lowest BCUT2D eigenvalue weighted by Crippen LogP contribution is -2.23. The number of thioether (sulfide) groups is 1. The molecule has 0 saturated heterocycles. The zero-order valence-corrected chi connectivity index (χ0v) is 22.7. The Morgan fingerprint density at radius 3 is 2.54 bits per heavy atom. The molecule has 0 spiro atoms. The summed E-state index contributed by atoms with van der Waals surface area (Å²) in [7, 11) is 0. The molecule has 182 valence electrons. The molecule has 1 N–H and O–H groups in total. The number of carbonyl (C=O) groups excluding carboxylic acids is 1. The maximum absolute atomic E-state index is 13.8. The minimum absolute atomic E-state index is 0.0936. The molecule has 0 aliphatic carbocycles. The highest BCUT2D eigenvalue weighted by Crippen LogP contribution is 2.31. The van der Waals surface area contributed by atoms with Gasteiger partial charge in [0.25, 0.3) is 5.56 Å². The van der Waals surface area contributed by atoms with Gasteiger partial charge in [-0.1, -0.05) is 61.8 Å². The van der Waals surface area contributed by atoms with Crippen molar-refractivity contribution in [3.63, 3.8) is 0 Å². The molecule has 0 aliphatic rings. The first-order valence-corrected chi connectivity index (χ1v) is 13.8. The number of nitrogens with one attached hydrogen (secondary N) is 1. The summed E-state index contributed by atoms with van der Waals surface area (Å²) in [4.78, 5) is 33.3. The molecular weight excluding hydrogens is 498 g/mol. The number of nitrogens with zero attached hydrogens (tertiary/aromatic N) is 2. The maximum atomic E-state index is 13.8. The predicted octanol–water partition coefficient (Wildman–Crippen LogP) is 6.96. The summed E-state index contributed by atoms with van der Waals surface area (Å²) in [5.74, 6) is -0.0695. The quantitative estimate of drug-likeness (QED) is 0.199. The van der Waals surface area contributed by atoms with Gasteiger partial charge in [0, 0.05) is 15.6 Å². The van der Waals surface area contributed by atoms with Gasteiger partial charge < -0.3 is 5.32 Å². The van der Waals surface area contributed by atoms with Gasteiger partial charge in [-0.3, -0.25) is 14.2 Å². The van der Waals surface area contributed by atoms with E-state index in [0.717, 1.165) is 40.9 Å². The van der Waals surface area contributed by atoms with Crippen molar-refractivity contribution in [2.24, 2.45) is 0 Å². The van der Waals surface area contributed by atoms with Crippen LogP contribution >= 0.6 is 34.7 Å². The van der Waals surface area contributed by atoms with E-state index in [0.29, 0.717) is 21.3 Å². The molecule has 0 unspecified atom stereocenters. The van der Waals surface area contributed by atoms with Crippen LogP contribution in [0.2, 0.25) is 5.02 Å². The van der Waals surface area contributed by atoms with Gasteiger partial charge in [-0.15, -0.1) is 11.3 Å². The second-order valence-electron chi connectivity index (χ2n) is 8.38. The summed E-state index contributed by atoms with van der Waals surface area (Å²) >= 11 is 9.02. The third-order valence-electron chi connectivity index (χ3n) is 5.99. The van der Waals surface area contributed by atoms with Crippen molar-refractivity contribution in [3.8, 4) is 5.69 Å². The zero-order chi connectivity index (χ0) is 25.1. The van der Waals surface area contributed by atoms with Crippen LogP contribution in [0.5, 0.6) is 0 Å². The van der Waals surface area contributed by atoms with Crippen molar-refractivity contribution in [2.75, 3.05) is 11.1 Å². The number of amides is 1. The van der Waals surface area contributed by atoms with Gasteiger partial charge in [0.15, 0.2) is 5.16 Å². The van der Waals surface area contributed by atoms with Crippen molar-refractivity contribution in [1.82, 2.24) is 9.55 Å². The molecule has 2 aromatic heterocycles. The molecule has 4 aromatic rings. The van der Waals surface area contributed by atoms with E-state index < -0.39 is 0 Å². The Bertz CT molecular complexity index is 1440. The fraction of sp³-hybridized carbons (Fsp3) is 0.296. The first-order chi connectivity index (χ1) is 16.8. The van der Waals surface area contributed by atoms with Crippen LogP contribution in [0.3, 0.4) is 0 Å². The smallest absolute Gasteiger partial charge is 0.267 e. The number of thiophene rings is 1. The molecule has 0 aliphatic heterocycles. The van der Waals surface area contributed by atoms with Gasteiger partial charge in [0.1, 0.15) is 4.83 Å². The number of halogens is 1. The Hall–Kier alpha value is -2.61. The fourth-order valence-electron chi connectivity index (χ4n) is 3.94. The molecule has 4 rings (SSSR count). The standard InChI is InChI=1S/C27H28ClN3O2S2/c1-5-8-22-17(4)24-25(35-22)30-27(31(26(24)33)19-13-11-18(6-2)12-14-19)34-15-23(32)29-21-10-7-9-20(28)16(21)3/h7,9-14H,5-6,8,15H2,1-4H3,(H,29,32). The van der Waals surface area contributed by atoms with Gasteiger partial charge >= 0.3 is 0 Å². The Morgan fingerprint density at radius 1 is 1.11 bits per heavy atom. The van der Waals surface area contributed by atoms with Crippen molar-refractivity contribution < 1.29 is 4.79 Å². The Balaban J connectivity index is 1.72. The minimum atomic E-state index is -0.184. The zero-order valence-electron chi connectivity index (χ0n) is 20.3. The van der Waals surface area contributed by atoms with E-state index in [-0.39, 0.29) is 17.2 Å².